The summed E-state index contributed by atoms with van der Waals surface area (Å²) >= 11 is 0. The molecule has 0 N–H and O–H groups in total. The number of ketones is 1. The highest BCUT2D eigenvalue weighted by molar-refractivity contribution is 6.63. The molecule has 0 radical (unpaired) electrons. The molecule has 1 aliphatic heterocycles. The highest BCUT2D eigenvalue weighted by Gasteiger charge is 2.52. The Morgan fingerprint density at radius 3 is 2.28 bits per heavy atom. The molecule has 0 atom stereocenters. The number of aromatic nitrogens is 1. The zero-order valence-electron chi connectivity index (χ0n) is 11.5. The molecule has 18 heavy (non-hydrogen) atoms. The van der Waals surface area contributed by atoms with Crippen molar-refractivity contribution in [1.29, 1.82) is 0 Å². The third kappa shape index (κ3) is 2.08. The third-order valence-electron chi connectivity index (χ3n) is 3.74. The summed E-state index contributed by atoms with van der Waals surface area (Å²) in [4.78, 5) is 15.6. The van der Waals surface area contributed by atoms with E-state index < -0.39 is 18.3 Å². The van der Waals surface area contributed by atoms with Crippen LogP contribution in [0.15, 0.2) is 18.5 Å². The van der Waals surface area contributed by atoms with Crippen LogP contribution in [-0.2, 0) is 9.31 Å². The standard InChI is InChI=1S/C13H18BNO3/c1-9(16)10-8-15-7-6-11(10)14-17-12(2,3)13(4,5)18-14/h6-8H,1-5H3. The minimum atomic E-state index is -0.517. The normalized spacial score (nSPS) is 21.1. The molecule has 0 aromatic carbocycles. The van der Waals surface area contributed by atoms with Crippen LogP contribution < -0.4 is 5.46 Å². The van der Waals surface area contributed by atoms with Crippen LogP contribution in [-0.4, -0.2) is 29.1 Å². The van der Waals surface area contributed by atoms with Gasteiger partial charge in [-0.1, -0.05) is 0 Å². The van der Waals surface area contributed by atoms with E-state index in [-0.39, 0.29) is 5.78 Å². The van der Waals surface area contributed by atoms with E-state index in [4.69, 9.17) is 9.31 Å². The molecule has 0 spiro atoms. The molecule has 0 bridgehead atoms. The highest BCUT2D eigenvalue weighted by Crippen LogP contribution is 2.36. The lowest BCUT2D eigenvalue weighted by atomic mass is 9.76. The van der Waals surface area contributed by atoms with Crippen LogP contribution >= 0.6 is 0 Å². The smallest absolute Gasteiger partial charge is 0.399 e. The molecule has 5 heteroatoms. The number of nitrogens with zero attached hydrogens (tertiary/aromatic N) is 1. The van der Waals surface area contributed by atoms with Gasteiger partial charge in [0.25, 0.3) is 0 Å². The Balaban J connectivity index is 2.38. The van der Waals surface area contributed by atoms with Crippen molar-refractivity contribution in [3.63, 3.8) is 0 Å². The predicted molar refractivity (Wildman–Crippen MR) is 70.0 cm³/mol. The summed E-state index contributed by atoms with van der Waals surface area (Å²) in [7, 11) is -0.517. The highest BCUT2D eigenvalue weighted by atomic mass is 16.7. The fourth-order valence-electron chi connectivity index (χ4n) is 1.87. The Bertz CT molecular complexity index is 469. The molecule has 96 valence electrons. The molecule has 0 saturated carbocycles. The van der Waals surface area contributed by atoms with Crippen molar-refractivity contribution in [3.05, 3.63) is 24.0 Å². The van der Waals surface area contributed by atoms with Crippen LogP contribution in [0.2, 0.25) is 0 Å². The van der Waals surface area contributed by atoms with Gasteiger partial charge in [-0.15, -0.1) is 0 Å². The maximum absolute atomic E-state index is 11.6. The molecule has 1 aliphatic rings. The van der Waals surface area contributed by atoms with Crippen molar-refractivity contribution >= 4 is 18.4 Å². The van der Waals surface area contributed by atoms with Crippen molar-refractivity contribution in [2.75, 3.05) is 0 Å². The maximum Gasteiger partial charge on any atom is 0.495 e. The van der Waals surface area contributed by atoms with E-state index in [0.29, 0.717) is 5.56 Å². The molecule has 1 aromatic rings. The van der Waals surface area contributed by atoms with E-state index in [1.807, 2.05) is 27.7 Å². The largest absolute Gasteiger partial charge is 0.495 e. The number of carbonyl (C=O) groups is 1. The number of Topliss-reactive ketones (excluding diaryl/α,β-unsaturated/α-hetero) is 1. The predicted octanol–water partition coefficient (Wildman–Crippen LogP) is 1.58. The summed E-state index contributed by atoms with van der Waals surface area (Å²) < 4.78 is 11.9. The van der Waals surface area contributed by atoms with Crippen molar-refractivity contribution < 1.29 is 14.1 Å². The van der Waals surface area contributed by atoms with E-state index in [1.54, 1.807) is 18.5 Å². The van der Waals surface area contributed by atoms with E-state index >= 15 is 0 Å². The van der Waals surface area contributed by atoms with Crippen molar-refractivity contribution in [2.45, 2.75) is 45.8 Å². The van der Waals surface area contributed by atoms with Gasteiger partial charge in [0, 0.05) is 18.0 Å². The number of pyridine rings is 1. The molecule has 2 rings (SSSR count). The van der Waals surface area contributed by atoms with E-state index in [9.17, 15) is 4.79 Å². The Morgan fingerprint density at radius 2 is 1.78 bits per heavy atom. The third-order valence-corrected chi connectivity index (χ3v) is 3.74. The van der Waals surface area contributed by atoms with Crippen molar-refractivity contribution in [2.24, 2.45) is 0 Å². The van der Waals surface area contributed by atoms with E-state index in [0.717, 1.165) is 5.46 Å². The lowest BCUT2D eigenvalue weighted by Crippen LogP contribution is -2.41. The summed E-state index contributed by atoms with van der Waals surface area (Å²) in [6.07, 6.45) is 3.20. The Labute approximate surface area is 108 Å². The van der Waals surface area contributed by atoms with Gasteiger partial charge < -0.3 is 9.31 Å². The van der Waals surface area contributed by atoms with Crippen molar-refractivity contribution in [1.82, 2.24) is 4.98 Å². The average molecular weight is 247 g/mol. The maximum atomic E-state index is 11.6. The molecular weight excluding hydrogens is 229 g/mol. The number of hydrogen-bond donors (Lipinski definition) is 0. The second-order valence-corrected chi connectivity index (χ2v) is 5.61. The first kappa shape index (κ1) is 13.2. The van der Waals surface area contributed by atoms with Gasteiger partial charge in [-0.3, -0.25) is 9.78 Å². The van der Waals surface area contributed by atoms with Crippen LogP contribution in [0.4, 0.5) is 0 Å². The second kappa shape index (κ2) is 4.18. The average Bonchev–Trinajstić information content (AvgIpc) is 2.48. The van der Waals surface area contributed by atoms with Gasteiger partial charge in [-0.2, -0.15) is 0 Å². The summed E-state index contributed by atoms with van der Waals surface area (Å²) in [5.74, 6) is -0.0344. The van der Waals surface area contributed by atoms with Gasteiger partial charge in [0.05, 0.1) is 11.2 Å². The van der Waals surface area contributed by atoms with Gasteiger partial charge in [0.1, 0.15) is 0 Å². The number of hydrogen-bond acceptors (Lipinski definition) is 4. The molecule has 1 saturated heterocycles. The Kier molecular flexibility index (Phi) is 3.07. The first-order valence-electron chi connectivity index (χ1n) is 6.05. The van der Waals surface area contributed by atoms with Crippen LogP contribution in [0.1, 0.15) is 45.0 Å². The second-order valence-electron chi connectivity index (χ2n) is 5.61. The fraction of sp³-hybridized carbons (Fsp3) is 0.538. The summed E-state index contributed by atoms with van der Waals surface area (Å²) in [5, 5.41) is 0. The molecule has 1 aromatic heterocycles. The molecule has 4 nitrogen and oxygen atoms in total. The lowest BCUT2D eigenvalue weighted by Gasteiger charge is -2.32. The van der Waals surface area contributed by atoms with Crippen LogP contribution in [0, 0.1) is 0 Å². The lowest BCUT2D eigenvalue weighted by molar-refractivity contribution is 0.00578. The monoisotopic (exact) mass is 247 g/mol. The molecular formula is C13H18BNO3. The van der Waals surface area contributed by atoms with E-state index in [1.165, 1.54) is 6.92 Å². The minimum Gasteiger partial charge on any atom is -0.399 e. The SMILES string of the molecule is CC(=O)c1cnccc1B1OC(C)(C)C(C)(C)O1. The first-order valence-corrected chi connectivity index (χ1v) is 6.05. The van der Waals surface area contributed by atoms with Gasteiger partial charge in [-0.05, 0) is 46.1 Å². The quantitative estimate of drug-likeness (QED) is 0.588. The summed E-state index contributed by atoms with van der Waals surface area (Å²) in [5.41, 5.74) is 0.483. The van der Waals surface area contributed by atoms with Gasteiger partial charge in [0.15, 0.2) is 5.78 Å². The van der Waals surface area contributed by atoms with Crippen LogP contribution in [0.5, 0.6) is 0 Å². The van der Waals surface area contributed by atoms with Crippen LogP contribution in [0.25, 0.3) is 0 Å². The molecule has 0 unspecified atom stereocenters. The Morgan fingerprint density at radius 1 is 1.22 bits per heavy atom. The number of carbonyl (C=O) groups excluding carboxylic acids is 1. The van der Waals surface area contributed by atoms with E-state index in [2.05, 4.69) is 4.98 Å². The van der Waals surface area contributed by atoms with Gasteiger partial charge in [0.2, 0.25) is 0 Å². The van der Waals surface area contributed by atoms with Gasteiger partial charge in [-0.25, -0.2) is 0 Å². The summed E-state index contributed by atoms with van der Waals surface area (Å²) in [6.45, 7) is 9.47. The zero-order chi connectivity index (χ0) is 13.6. The topological polar surface area (TPSA) is 48.4 Å². The van der Waals surface area contributed by atoms with Gasteiger partial charge >= 0.3 is 7.12 Å². The van der Waals surface area contributed by atoms with Crippen molar-refractivity contribution in [3.8, 4) is 0 Å². The first-order chi connectivity index (χ1) is 8.24. The van der Waals surface area contributed by atoms with Crippen LogP contribution in [0.3, 0.4) is 0 Å². The molecule has 1 fully saturated rings. The zero-order valence-corrected chi connectivity index (χ0v) is 11.5. The molecule has 0 aliphatic carbocycles. The molecule has 2 heterocycles. The Hall–Kier alpha value is -1.20. The molecule has 0 amide bonds. The fourth-order valence-corrected chi connectivity index (χ4v) is 1.87. The number of rotatable bonds is 2. The minimum absolute atomic E-state index is 0.0344. The summed E-state index contributed by atoms with van der Waals surface area (Å²) in [6, 6.07) is 1.78.